The minimum absolute atomic E-state index is 0.192. The van der Waals surface area contributed by atoms with Gasteiger partial charge in [-0.05, 0) is 49.9 Å². The van der Waals surface area contributed by atoms with E-state index in [-0.39, 0.29) is 5.97 Å². The van der Waals surface area contributed by atoms with E-state index in [1.165, 1.54) is 0 Å². The van der Waals surface area contributed by atoms with Gasteiger partial charge in [0.05, 0.1) is 6.61 Å². The predicted molar refractivity (Wildman–Crippen MR) is 78.6 cm³/mol. The Hall–Kier alpha value is -0.780. The number of benzene rings is 1. The van der Waals surface area contributed by atoms with Crippen LogP contribution in [0.1, 0.15) is 32.3 Å². The summed E-state index contributed by atoms with van der Waals surface area (Å²) in [6.45, 7) is 4.64. The molecule has 1 unspecified atom stereocenters. The fraction of sp³-hybridized carbons (Fsp3) is 0.500. The summed E-state index contributed by atoms with van der Waals surface area (Å²) in [6, 6.07) is 5.59. The highest BCUT2D eigenvalue weighted by molar-refractivity contribution is 14.1. The van der Waals surface area contributed by atoms with E-state index >= 15 is 0 Å². The molecule has 0 amide bonds. The first-order chi connectivity index (χ1) is 8.53. The molecule has 98 valence electrons. The van der Waals surface area contributed by atoms with Gasteiger partial charge in [0.15, 0.2) is 0 Å². The molecular formula is C14H17IO3. The number of fused-ring (bicyclic) bond motifs is 1. The summed E-state index contributed by atoms with van der Waals surface area (Å²) >= 11 is 2.14. The number of carbonyl (C=O) groups excluding carboxylic acids is 1. The molecule has 0 bridgehead atoms. The summed E-state index contributed by atoms with van der Waals surface area (Å²) in [7, 11) is 0. The Morgan fingerprint density at radius 2 is 2.33 bits per heavy atom. The number of alkyl halides is 1. The highest BCUT2D eigenvalue weighted by Crippen LogP contribution is 2.30. The van der Waals surface area contributed by atoms with Crippen LogP contribution < -0.4 is 9.47 Å². The molecule has 0 N–H and O–H groups in total. The zero-order chi connectivity index (χ0) is 13.2. The number of halogens is 1. The Morgan fingerprint density at radius 3 is 3.06 bits per heavy atom. The Kier molecular flexibility index (Phi) is 4.14. The van der Waals surface area contributed by atoms with Crippen molar-refractivity contribution in [2.24, 2.45) is 0 Å². The predicted octanol–water partition coefficient (Wildman–Crippen LogP) is 3.52. The summed E-state index contributed by atoms with van der Waals surface area (Å²) in [6.07, 6.45) is 2.75. The van der Waals surface area contributed by atoms with Crippen molar-refractivity contribution >= 4 is 28.6 Å². The van der Waals surface area contributed by atoms with Gasteiger partial charge in [-0.1, -0.05) is 29.5 Å². The number of carbonyl (C=O) groups is 1. The lowest BCUT2D eigenvalue weighted by molar-refractivity contribution is -0.136. The fourth-order valence-corrected chi connectivity index (χ4v) is 1.87. The lowest BCUT2D eigenvalue weighted by Gasteiger charge is -2.20. The first-order valence-corrected chi connectivity index (χ1v) is 7.28. The van der Waals surface area contributed by atoms with Crippen molar-refractivity contribution in [3.05, 3.63) is 23.8 Å². The molecule has 1 aromatic carbocycles. The number of hydrogen-bond donors (Lipinski definition) is 0. The Bertz CT molecular complexity index is 454. The Morgan fingerprint density at radius 1 is 1.56 bits per heavy atom. The van der Waals surface area contributed by atoms with E-state index in [1.807, 2.05) is 26.0 Å². The van der Waals surface area contributed by atoms with Crippen LogP contribution in [0.2, 0.25) is 0 Å². The molecule has 0 spiro atoms. The van der Waals surface area contributed by atoms with Gasteiger partial charge in [0, 0.05) is 0 Å². The summed E-state index contributed by atoms with van der Waals surface area (Å²) in [5.74, 6) is 1.33. The van der Waals surface area contributed by atoms with Gasteiger partial charge in [-0.15, -0.1) is 0 Å². The van der Waals surface area contributed by atoms with Gasteiger partial charge < -0.3 is 9.47 Å². The molecule has 1 aliphatic heterocycles. The van der Waals surface area contributed by atoms with Crippen LogP contribution in [0.3, 0.4) is 0 Å². The molecule has 0 radical (unpaired) electrons. The van der Waals surface area contributed by atoms with Gasteiger partial charge in [0.25, 0.3) is 0 Å². The van der Waals surface area contributed by atoms with E-state index in [9.17, 15) is 4.79 Å². The zero-order valence-electron chi connectivity index (χ0n) is 10.7. The molecule has 1 heterocycles. The van der Waals surface area contributed by atoms with Crippen LogP contribution in [0.5, 0.6) is 11.5 Å². The summed E-state index contributed by atoms with van der Waals surface area (Å²) in [5, 5.41) is 0. The standard InChI is InChI=1S/C14H17IO3/c1-3-14(2,15)13(16)18-11-6-7-12-10(9-11)5-4-8-17-12/h6-7,9H,3-5,8H2,1-2H3. The maximum absolute atomic E-state index is 12.0. The first kappa shape index (κ1) is 13.6. The van der Waals surface area contributed by atoms with Gasteiger partial charge in [-0.3, -0.25) is 4.79 Å². The van der Waals surface area contributed by atoms with E-state index in [0.717, 1.165) is 37.2 Å². The number of aryl methyl sites for hydroxylation is 1. The average Bonchev–Trinajstić information content (AvgIpc) is 2.38. The van der Waals surface area contributed by atoms with Crippen molar-refractivity contribution in [1.82, 2.24) is 0 Å². The molecule has 3 nitrogen and oxygen atoms in total. The molecular weight excluding hydrogens is 343 g/mol. The van der Waals surface area contributed by atoms with E-state index in [1.54, 1.807) is 6.07 Å². The maximum atomic E-state index is 12.0. The Balaban J connectivity index is 2.13. The van der Waals surface area contributed by atoms with Gasteiger partial charge in [0.2, 0.25) is 0 Å². The van der Waals surface area contributed by atoms with Crippen molar-refractivity contribution in [3.8, 4) is 11.5 Å². The van der Waals surface area contributed by atoms with E-state index in [0.29, 0.717) is 5.75 Å². The minimum atomic E-state index is -0.468. The fourth-order valence-electron chi connectivity index (χ4n) is 1.76. The topological polar surface area (TPSA) is 35.5 Å². The highest BCUT2D eigenvalue weighted by atomic mass is 127. The molecule has 1 atom stereocenters. The normalized spacial score (nSPS) is 17.3. The van der Waals surface area contributed by atoms with Crippen molar-refractivity contribution in [1.29, 1.82) is 0 Å². The number of rotatable bonds is 3. The van der Waals surface area contributed by atoms with E-state index in [2.05, 4.69) is 22.6 Å². The van der Waals surface area contributed by atoms with Crippen molar-refractivity contribution in [2.45, 2.75) is 36.5 Å². The zero-order valence-corrected chi connectivity index (χ0v) is 12.8. The van der Waals surface area contributed by atoms with Gasteiger partial charge >= 0.3 is 5.97 Å². The maximum Gasteiger partial charge on any atom is 0.327 e. The second-order valence-electron chi connectivity index (χ2n) is 4.66. The summed E-state index contributed by atoms with van der Waals surface area (Å²) in [5.41, 5.74) is 1.12. The first-order valence-electron chi connectivity index (χ1n) is 6.20. The number of ether oxygens (including phenoxy) is 2. The quantitative estimate of drug-likeness (QED) is 0.358. The number of hydrogen-bond acceptors (Lipinski definition) is 3. The molecule has 0 aliphatic carbocycles. The molecule has 18 heavy (non-hydrogen) atoms. The van der Waals surface area contributed by atoms with Gasteiger partial charge in [-0.25, -0.2) is 0 Å². The molecule has 0 saturated carbocycles. The molecule has 1 aliphatic rings. The third kappa shape index (κ3) is 2.96. The monoisotopic (exact) mass is 360 g/mol. The molecule has 0 fully saturated rings. The van der Waals surface area contributed by atoms with Crippen LogP contribution in [0.25, 0.3) is 0 Å². The second kappa shape index (κ2) is 5.47. The lowest BCUT2D eigenvalue weighted by Crippen LogP contribution is -2.31. The van der Waals surface area contributed by atoms with E-state index in [4.69, 9.17) is 9.47 Å². The van der Waals surface area contributed by atoms with Crippen molar-refractivity contribution < 1.29 is 14.3 Å². The third-order valence-electron chi connectivity index (χ3n) is 3.18. The summed E-state index contributed by atoms with van der Waals surface area (Å²) < 4.78 is 10.5. The van der Waals surface area contributed by atoms with Crippen molar-refractivity contribution in [2.75, 3.05) is 6.61 Å². The molecule has 4 heteroatoms. The molecule has 1 aromatic rings. The van der Waals surface area contributed by atoms with Crippen LogP contribution in [0, 0.1) is 0 Å². The van der Waals surface area contributed by atoms with Gasteiger partial charge in [-0.2, -0.15) is 0 Å². The van der Waals surface area contributed by atoms with Crippen LogP contribution in [-0.4, -0.2) is 16.0 Å². The Labute approximate surface area is 121 Å². The third-order valence-corrected chi connectivity index (χ3v) is 4.38. The van der Waals surface area contributed by atoms with E-state index < -0.39 is 3.42 Å². The van der Waals surface area contributed by atoms with Crippen LogP contribution in [0.15, 0.2) is 18.2 Å². The highest BCUT2D eigenvalue weighted by Gasteiger charge is 2.30. The van der Waals surface area contributed by atoms with Crippen LogP contribution >= 0.6 is 22.6 Å². The molecule has 0 aromatic heterocycles. The van der Waals surface area contributed by atoms with Crippen LogP contribution in [-0.2, 0) is 11.2 Å². The van der Waals surface area contributed by atoms with Crippen LogP contribution in [0.4, 0.5) is 0 Å². The SMILES string of the molecule is CCC(C)(I)C(=O)Oc1ccc2c(c1)CCCO2. The van der Waals surface area contributed by atoms with Gasteiger partial charge in [0.1, 0.15) is 14.9 Å². The summed E-state index contributed by atoms with van der Waals surface area (Å²) in [4.78, 5) is 12.0. The van der Waals surface area contributed by atoms with Crippen molar-refractivity contribution in [3.63, 3.8) is 0 Å². The second-order valence-corrected chi connectivity index (χ2v) is 7.04. The lowest BCUT2D eigenvalue weighted by atomic mass is 10.1. The molecule has 0 saturated heterocycles. The molecule has 2 rings (SSSR count). The average molecular weight is 360 g/mol. The largest absolute Gasteiger partial charge is 0.493 e. The minimum Gasteiger partial charge on any atom is -0.493 e. The smallest absolute Gasteiger partial charge is 0.327 e. The number of esters is 1.